The molecular weight excluding hydrogens is 224 g/mol. The van der Waals surface area contributed by atoms with Crippen LogP contribution >= 0.6 is 0 Å². The zero-order valence-electron chi connectivity index (χ0n) is 9.90. The smallest absolute Gasteiger partial charge is 0.149 e. The van der Waals surface area contributed by atoms with Crippen molar-refractivity contribution in [1.29, 1.82) is 0 Å². The lowest BCUT2D eigenvalue weighted by Gasteiger charge is -2.21. The second-order valence-corrected chi connectivity index (χ2v) is 6.37. The zero-order chi connectivity index (χ0) is 12.3. The number of aryl methyl sites for hydroxylation is 1. The van der Waals surface area contributed by atoms with E-state index in [0.29, 0.717) is 12.2 Å². The fraction of sp³-hybridized carbons (Fsp3) is 0.455. The number of hydrogen-bond acceptors (Lipinski definition) is 4. The minimum Gasteiger partial charge on any atom is -0.397 e. The van der Waals surface area contributed by atoms with Crippen molar-refractivity contribution < 1.29 is 8.42 Å². The number of rotatable bonds is 4. The van der Waals surface area contributed by atoms with E-state index >= 15 is 0 Å². The maximum Gasteiger partial charge on any atom is 0.149 e. The Labute approximate surface area is 97.0 Å². The van der Waals surface area contributed by atoms with Gasteiger partial charge in [-0.2, -0.15) is 0 Å². The van der Waals surface area contributed by atoms with Gasteiger partial charge in [-0.3, -0.25) is 0 Å². The molecule has 0 aliphatic carbocycles. The van der Waals surface area contributed by atoms with Crippen molar-refractivity contribution in [2.45, 2.75) is 6.92 Å². The fourth-order valence-electron chi connectivity index (χ4n) is 1.41. The Morgan fingerprint density at radius 2 is 2.00 bits per heavy atom. The van der Waals surface area contributed by atoms with Crippen LogP contribution in [0.15, 0.2) is 18.2 Å². The molecule has 16 heavy (non-hydrogen) atoms. The molecule has 4 nitrogen and oxygen atoms in total. The van der Waals surface area contributed by atoms with E-state index in [-0.39, 0.29) is 5.75 Å². The molecule has 0 atom stereocenters. The predicted molar refractivity (Wildman–Crippen MR) is 68.6 cm³/mol. The quantitative estimate of drug-likeness (QED) is 0.802. The van der Waals surface area contributed by atoms with Gasteiger partial charge in [0.2, 0.25) is 0 Å². The fourth-order valence-corrected chi connectivity index (χ4v) is 2.01. The highest BCUT2D eigenvalue weighted by Gasteiger charge is 2.08. The summed E-state index contributed by atoms with van der Waals surface area (Å²) in [6, 6.07) is 5.72. The molecule has 90 valence electrons. The summed E-state index contributed by atoms with van der Waals surface area (Å²) in [5, 5.41) is 0. The molecule has 0 saturated carbocycles. The maximum absolute atomic E-state index is 11.1. The van der Waals surface area contributed by atoms with Crippen LogP contribution in [0.2, 0.25) is 0 Å². The van der Waals surface area contributed by atoms with Crippen molar-refractivity contribution in [3.8, 4) is 0 Å². The third kappa shape index (κ3) is 3.73. The Morgan fingerprint density at radius 1 is 1.38 bits per heavy atom. The first-order chi connectivity index (χ1) is 7.29. The minimum absolute atomic E-state index is 0.136. The predicted octanol–water partition coefficient (Wildman–Crippen LogP) is 1.06. The molecule has 2 N–H and O–H groups in total. The average Bonchev–Trinajstić information content (AvgIpc) is 2.17. The number of nitrogens with two attached hydrogens (primary N) is 1. The first kappa shape index (κ1) is 12.8. The second-order valence-electron chi connectivity index (χ2n) is 4.11. The van der Waals surface area contributed by atoms with E-state index in [9.17, 15) is 8.42 Å². The Kier molecular flexibility index (Phi) is 3.80. The molecule has 0 unspecified atom stereocenters. The number of sulfone groups is 1. The molecule has 1 aromatic rings. The summed E-state index contributed by atoms with van der Waals surface area (Å²) < 4.78 is 22.1. The molecular formula is C11H18N2O2S. The van der Waals surface area contributed by atoms with E-state index in [0.717, 1.165) is 11.3 Å². The largest absolute Gasteiger partial charge is 0.397 e. The van der Waals surface area contributed by atoms with Gasteiger partial charge in [-0.1, -0.05) is 6.07 Å². The van der Waals surface area contributed by atoms with E-state index in [1.807, 2.05) is 37.1 Å². The number of anilines is 2. The van der Waals surface area contributed by atoms with Crippen LogP contribution in [0.4, 0.5) is 11.4 Å². The van der Waals surface area contributed by atoms with Crippen molar-refractivity contribution >= 4 is 21.2 Å². The van der Waals surface area contributed by atoms with Gasteiger partial charge in [0.05, 0.1) is 17.1 Å². The summed E-state index contributed by atoms with van der Waals surface area (Å²) >= 11 is 0. The van der Waals surface area contributed by atoms with Crippen LogP contribution < -0.4 is 10.6 Å². The van der Waals surface area contributed by atoms with Crippen molar-refractivity contribution in [2.75, 3.05) is 36.2 Å². The topological polar surface area (TPSA) is 63.4 Å². The van der Waals surface area contributed by atoms with Gasteiger partial charge in [0.15, 0.2) is 0 Å². The lowest BCUT2D eigenvalue weighted by atomic mass is 10.2. The summed E-state index contributed by atoms with van der Waals surface area (Å²) in [7, 11) is -1.09. The van der Waals surface area contributed by atoms with Crippen LogP contribution in [0.25, 0.3) is 0 Å². The molecule has 0 fully saturated rings. The highest BCUT2D eigenvalue weighted by molar-refractivity contribution is 7.90. The van der Waals surface area contributed by atoms with Gasteiger partial charge >= 0.3 is 0 Å². The number of nitrogen functional groups attached to an aromatic ring is 1. The molecule has 0 aromatic heterocycles. The van der Waals surface area contributed by atoms with E-state index in [1.165, 1.54) is 6.26 Å². The SMILES string of the molecule is Cc1ccc(N)c(N(C)CCS(C)(=O)=O)c1. The van der Waals surface area contributed by atoms with Crippen molar-refractivity contribution in [3.63, 3.8) is 0 Å². The highest BCUT2D eigenvalue weighted by Crippen LogP contribution is 2.22. The summed E-state index contributed by atoms with van der Waals surface area (Å²) in [5.41, 5.74) is 8.49. The molecule has 0 bridgehead atoms. The lowest BCUT2D eigenvalue weighted by Crippen LogP contribution is -2.25. The van der Waals surface area contributed by atoms with Crippen LogP contribution in [-0.4, -0.2) is 34.0 Å². The molecule has 0 aliphatic rings. The van der Waals surface area contributed by atoms with Crippen molar-refractivity contribution in [2.24, 2.45) is 0 Å². The van der Waals surface area contributed by atoms with Gasteiger partial charge < -0.3 is 10.6 Å². The average molecular weight is 242 g/mol. The number of benzene rings is 1. The van der Waals surface area contributed by atoms with Crippen LogP contribution in [0.3, 0.4) is 0 Å². The minimum atomic E-state index is -2.93. The monoisotopic (exact) mass is 242 g/mol. The lowest BCUT2D eigenvalue weighted by molar-refractivity contribution is 0.601. The summed E-state index contributed by atoms with van der Waals surface area (Å²) in [4.78, 5) is 1.86. The Bertz CT molecular complexity index is 469. The second kappa shape index (κ2) is 4.74. The molecule has 0 aliphatic heterocycles. The van der Waals surface area contributed by atoms with Crippen LogP contribution in [0, 0.1) is 6.92 Å². The summed E-state index contributed by atoms with van der Waals surface area (Å²) in [6.45, 7) is 2.43. The third-order valence-electron chi connectivity index (χ3n) is 2.39. The van der Waals surface area contributed by atoms with Gasteiger partial charge in [-0.15, -0.1) is 0 Å². The zero-order valence-corrected chi connectivity index (χ0v) is 10.7. The maximum atomic E-state index is 11.1. The molecule has 1 rings (SSSR count). The Balaban J connectivity index is 2.80. The molecule has 0 radical (unpaired) electrons. The van der Waals surface area contributed by atoms with Gasteiger partial charge in [-0.05, 0) is 24.6 Å². The summed E-state index contributed by atoms with van der Waals surface area (Å²) in [6.07, 6.45) is 1.24. The normalized spacial score (nSPS) is 11.4. The van der Waals surface area contributed by atoms with E-state index in [1.54, 1.807) is 0 Å². The van der Waals surface area contributed by atoms with Crippen molar-refractivity contribution in [3.05, 3.63) is 23.8 Å². The number of hydrogen-bond donors (Lipinski definition) is 1. The van der Waals surface area contributed by atoms with Crippen LogP contribution in [0.1, 0.15) is 5.56 Å². The van der Waals surface area contributed by atoms with E-state index < -0.39 is 9.84 Å². The van der Waals surface area contributed by atoms with Gasteiger partial charge in [0, 0.05) is 19.8 Å². The Hall–Kier alpha value is -1.23. The molecule has 0 spiro atoms. The highest BCUT2D eigenvalue weighted by atomic mass is 32.2. The third-order valence-corrected chi connectivity index (χ3v) is 3.32. The van der Waals surface area contributed by atoms with E-state index in [2.05, 4.69) is 0 Å². The van der Waals surface area contributed by atoms with Gasteiger partial charge in [0.25, 0.3) is 0 Å². The van der Waals surface area contributed by atoms with Gasteiger partial charge in [0.1, 0.15) is 9.84 Å². The standard InChI is InChI=1S/C11H18N2O2S/c1-9-4-5-10(12)11(8-9)13(2)6-7-16(3,14)15/h4-5,8H,6-7,12H2,1-3H3. The van der Waals surface area contributed by atoms with Gasteiger partial charge in [-0.25, -0.2) is 8.42 Å². The molecule has 5 heteroatoms. The van der Waals surface area contributed by atoms with Crippen LogP contribution in [0.5, 0.6) is 0 Å². The molecule has 0 saturated heterocycles. The molecule has 1 aromatic carbocycles. The first-order valence-electron chi connectivity index (χ1n) is 5.04. The van der Waals surface area contributed by atoms with Crippen LogP contribution in [-0.2, 0) is 9.84 Å². The van der Waals surface area contributed by atoms with E-state index in [4.69, 9.17) is 5.73 Å². The molecule has 0 heterocycles. The Morgan fingerprint density at radius 3 is 2.56 bits per heavy atom. The first-order valence-corrected chi connectivity index (χ1v) is 7.10. The molecule has 0 amide bonds. The number of nitrogens with zero attached hydrogens (tertiary/aromatic N) is 1. The summed E-state index contributed by atoms with van der Waals surface area (Å²) in [5.74, 6) is 0.136. The van der Waals surface area contributed by atoms with Crippen molar-refractivity contribution in [1.82, 2.24) is 0 Å².